The van der Waals surface area contributed by atoms with Gasteiger partial charge in [-0.05, 0) is 24.0 Å². The van der Waals surface area contributed by atoms with Gasteiger partial charge in [0.15, 0.2) is 0 Å². The van der Waals surface area contributed by atoms with E-state index in [0.29, 0.717) is 18.4 Å². The number of rotatable bonds is 8. The molecule has 0 saturated heterocycles. The van der Waals surface area contributed by atoms with Gasteiger partial charge in [0.1, 0.15) is 5.75 Å². The van der Waals surface area contributed by atoms with Gasteiger partial charge in [0.2, 0.25) is 0 Å². The second-order valence-electron chi connectivity index (χ2n) is 5.56. The summed E-state index contributed by atoms with van der Waals surface area (Å²) in [6.07, 6.45) is 2.49. The number of ether oxygens (including phenoxy) is 2. The molecule has 0 N–H and O–H groups in total. The number of hydrogen-bond donors (Lipinski definition) is 0. The smallest absolute Gasteiger partial charge is 0.493 e. The molecule has 0 amide bonds. The van der Waals surface area contributed by atoms with Crippen LogP contribution >= 0.6 is 0 Å². The predicted octanol–water partition coefficient (Wildman–Crippen LogP) is -0.377. The maximum Gasteiger partial charge on any atom is 1.00 e. The van der Waals surface area contributed by atoms with Crippen molar-refractivity contribution < 1.29 is 65.1 Å². The van der Waals surface area contributed by atoms with Gasteiger partial charge >= 0.3 is 51.4 Å². The maximum atomic E-state index is 12.6. The molecule has 0 radical (unpaired) electrons. The maximum absolute atomic E-state index is 12.6. The molecule has 6 nitrogen and oxygen atoms in total. The van der Waals surface area contributed by atoms with Crippen molar-refractivity contribution in [3.63, 3.8) is 0 Å². The summed E-state index contributed by atoms with van der Waals surface area (Å²) in [4.78, 5) is 13.0. The molecule has 0 spiro atoms. The van der Waals surface area contributed by atoms with E-state index in [0.717, 1.165) is 34.5 Å². The molecule has 2 aromatic heterocycles. The summed E-state index contributed by atoms with van der Waals surface area (Å²) in [5.74, 6) is 1.02. The van der Waals surface area contributed by atoms with Gasteiger partial charge < -0.3 is 19.4 Å². The average Bonchev–Trinajstić information content (AvgIpc) is 3.06. The zero-order valence-corrected chi connectivity index (χ0v) is 19.2. The van der Waals surface area contributed by atoms with Crippen molar-refractivity contribution >= 4 is 21.8 Å². The van der Waals surface area contributed by atoms with E-state index < -0.39 is 10.8 Å². The number of benzene rings is 1. The van der Waals surface area contributed by atoms with E-state index in [1.807, 2.05) is 37.3 Å². The molecule has 3 rings (SSSR count). The van der Waals surface area contributed by atoms with Crippen molar-refractivity contribution in [3.05, 3.63) is 47.8 Å². The van der Waals surface area contributed by atoms with Crippen LogP contribution in [0.15, 0.2) is 41.7 Å². The van der Waals surface area contributed by atoms with Crippen LogP contribution < -0.4 is 61.1 Å². The zero-order chi connectivity index (χ0) is 17.6. The van der Waals surface area contributed by atoms with Gasteiger partial charge in [-0.1, -0.05) is 24.3 Å². The van der Waals surface area contributed by atoms with Crippen molar-refractivity contribution in [2.45, 2.75) is 24.3 Å². The van der Waals surface area contributed by atoms with E-state index in [-0.39, 0.29) is 57.1 Å². The van der Waals surface area contributed by atoms with Gasteiger partial charge in [0, 0.05) is 37.1 Å². The Morgan fingerprint density at radius 3 is 2.77 bits per heavy atom. The van der Waals surface area contributed by atoms with Gasteiger partial charge in [-0.3, -0.25) is 9.19 Å². The monoisotopic (exact) mass is 397 g/mol. The Balaban J connectivity index is 0.00000243. The first-order valence-corrected chi connectivity index (χ1v) is 9.35. The summed E-state index contributed by atoms with van der Waals surface area (Å²) >= 11 is 0. The third kappa shape index (κ3) is 5.45. The zero-order valence-electron chi connectivity index (χ0n) is 15.3. The SMILES string of the molecule is COCCCOc1ccnc(CS(=O)c2nc3ccccc3[n-]2)c1C.[K+]. The number of imidazole rings is 1. The second kappa shape index (κ2) is 10.7. The van der Waals surface area contributed by atoms with Crippen LogP contribution in [0.5, 0.6) is 5.75 Å². The summed E-state index contributed by atoms with van der Waals surface area (Å²) < 4.78 is 23.4. The van der Waals surface area contributed by atoms with Crippen LogP contribution in [0, 0.1) is 6.92 Å². The summed E-state index contributed by atoms with van der Waals surface area (Å²) in [7, 11) is 0.312. The minimum Gasteiger partial charge on any atom is -0.493 e. The average molecular weight is 398 g/mol. The van der Waals surface area contributed by atoms with Crippen molar-refractivity contribution in [3.8, 4) is 5.75 Å². The molecular formula is C18H20KN3O3S. The number of hydrogen-bond acceptors (Lipinski definition) is 5. The summed E-state index contributed by atoms with van der Waals surface area (Å²) in [6, 6.07) is 9.32. The van der Waals surface area contributed by atoms with Crippen molar-refractivity contribution in [2.24, 2.45) is 0 Å². The third-order valence-electron chi connectivity index (χ3n) is 3.79. The molecule has 0 aliphatic rings. The van der Waals surface area contributed by atoms with Crippen molar-refractivity contribution in [1.29, 1.82) is 0 Å². The fourth-order valence-corrected chi connectivity index (χ4v) is 3.49. The number of aromatic nitrogens is 3. The summed E-state index contributed by atoms with van der Waals surface area (Å²) in [6.45, 7) is 3.15. The van der Waals surface area contributed by atoms with E-state index >= 15 is 0 Å². The standard InChI is InChI=1S/C18H20N3O3S.K/c1-13-16(19-9-8-17(13)24-11-5-10-23-2)12-25(22)18-20-14-6-3-4-7-15(14)21-18;/h3-4,6-9H,5,10-12H2,1-2H3;/q-1;+1. The molecule has 0 fully saturated rings. The van der Waals surface area contributed by atoms with E-state index in [4.69, 9.17) is 9.47 Å². The molecule has 0 saturated carbocycles. The van der Waals surface area contributed by atoms with E-state index in [1.54, 1.807) is 13.3 Å². The van der Waals surface area contributed by atoms with Crippen LogP contribution in [0.3, 0.4) is 0 Å². The molecule has 0 aliphatic heterocycles. The van der Waals surface area contributed by atoms with Gasteiger partial charge in [0.05, 0.1) is 28.9 Å². The minimum absolute atomic E-state index is 0. The molecular weight excluding hydrogens is 377 g/mol. The van der Waals surface area contributed by atoms with Crippen LogP contribution in [-0.4, -0.2) is 34.5 Å². The Hall–Kier alpha value is -0.614. The van der Waals surface area contributed by atoms with E-state index in [1.165, 1.54) is 0 Å². The van der Waals surface area contributed by atoms with Crippen LogP contribution in [0.1, 0.15) is 17.7 Å². The van der Waals surface area contributed by atoms with Gasteiger partial charge in [-0.2, -0.15) is 0 Å². The topological polar surface area (TPSA) is 75.4 Å². The molecule has 132 valence electrons. The molecule has 1 unspecified atom stereocenters. The Labute approximate surface area is 198 Å². The first kappa shape index (κ1) is 21.7. The van der Waals surface area contributed by atoms with Crippen LogP contribution in [-0.2, 0) is 21.3 Å². The Morgan fingerprint density at radius 1 is 1.19 bits per heavy atom. The summed E-state index contributed by atoms with van der Waals surface area (Å²) in [5.41, 5.74) is 3.14. The van der Waals surface area contributed by atoms with Gasteiger partial charge in [-0.15, -0.1) is 0 Å². The second-order valence-corrected chi connectivity index (χ2v) is 6.91. The van der Waals surface area contributed by atoms with Crippen LogP contribution in [0.2, 0.25) is 0 Å². The molecule has 1 atom stereocenters. The van der Waals surface area contributed by atoms with Gasteiger partial charge in [-0.25, -0.2) is 0 Å². The number of fused-ring (bicyclic) bond motifs is 1. The first-order valence-electron chi connectivity index (χ1n) is 8.03. The fourth-order valence-electron chi connectivity index (χ4n) is 2.42. The number of pyridine rings is 1. The molecule has 8 heteroatoms. The van der Waals surface area contributed by atoms with Crippen molar-refractivity contribution in [1.82, 2.24) is 15.0 Å². The molecule has 0 bridgehead atoms. The minimum atomic E-state index is -1.35. The Morgan fingerprint density at radius 2 is 2.00 bits per heavy atom. The molecule has 2 heterocycles. The van der Waals surface area contributed by atoms with Crippen LogP contribution in [0.25, 0.3) is 11.0 Å². The number of nitrogens with zero attached hydrogens (tertiary/aromatic N) is 3. The molecule has 3 aromatic rings. The largest absolute Gasteiger partial charge is 1.00 e. The van der Waals surface area contributed by atoms with Gasteiger partial charge in [0.25, 0.3) is 0 Å². The quantitative estimate of drug-likeness (QED) is 0.381. The third-order valence-corrected chi connectivity index (χ3v) is 4.92. The molecule has 26 heavy (non-hydrogen) atoms. The number of methoxy groups -OCH3 is 1. The van der Waals surface area contributed by atoms with E-state index in [2.05, 4.69) is 15.0 Å². The normalized spacial score (nSPS) is 11.9. The van der Waals surface area contributed by atoms with Crippen molar-refractivity contribution in [2.75, 3.05) is 20.3 Å². The molecule has 0 aliphatic carbocycles. The summed E-state index contributed by atoms with van der Waals surface area (Å²) in [5, 5.41) is 0.341. The molecule has 1 aromatic carbocycles. The predicted molar refractivity (Wildman–Crippen MR) is 96.1 cm³/mol. The first-order chi connectivity index (χ1) is 12.2. The fraction of sp³-hybridized carbons (Fsp3) is 0.333. The Kier molecular flexibility index (Phi) is 8.88. The van der Waals surface area contributed by atoms with E-state index in [9.17, 15) is 4.21 Å². The van der Waals surface area contributed by atoms with Crippen LogP contribution in [0.4, 0.5) is 0 Å². The number of para-hydroxylation sites is 2. The Bertz CT molecular complexity index is 852.